The Bertz CT molecular complexity index is 662. The van der Waals surface area contributed by atoms with Gasteiger partial charge in [-0.1, -0.05) is 39.7 Å². The number of carbonyl (C=O) groups is 1. The zero-order chi connectivity index (χ0) is 14.7. The van der Waals surface area contributed by atoms with Crippen molar-refractivity contribution in [1.29, 1.82) is 0 Å². The molecule has 0 heterocycles. The molecule has 0 atom stereocenters. The second-order valence-corrected chi connectivity index (χ2v) is 6.10. The van der Waals surface area contributed by atoms with Crippen molar-refractivity contribution in [3.63, 3.8) is 0 Å². The third kappa shape index (κ3) is 3.81. The zero-order valence-corrected chi connectivity index (χ0v) is 13.9. The van der Waals surface area contributed by atoms with Gasteiger partial charge in [0.2, 0.25) is 0 Å². The number of Topliss-reactive ketones (excluding diaryl/α,β-unsaturated/α-hetero) is 1. The maximum absolute atomic E-state index is 13.3. The molecule has 0 unspecified atom stereocenters. The van der Waals surface area contributed by atoms with Crippen LogP contribution in [0.25, 0.3) is 0 Å². The number of hydrogen-bond donors (Lipinski definition) is 0. The van der Waals surface area contributed by atoms with E-state index in [0.29, 0.717) is 10.0 Å². The minimum atomic E-state index is -0.597. The summed E-state index contributed by atoms with van der Waals surface area (Å²) in [4.78, 5) is 12.0. The normalized spacial score (nSPS) is 10.4. The molecular weight excluding hydrogens is 414 g/mol. The van der Waals surface area contributed by atoms with Crippen LogP contribution in [0.3, 0.4) is 0 Å². The highest BCUT2D eigenvalue weighted by atomic mass is 79.9. The maximum Gasteiger partial charge on any atom is 0.200 e. The number of carbonyl (C=O) groups excluding carboxylic acids is 1. The molecule has 0 fully saturated rings. The van der Waals surface area contributed by atoms with E-state index in [2.05, 4.69) is 31.9 Å². The van der Waals surface area contributed by atoms with Crippen molar-refractivity contribution in [3.8, 4) is 5.75 Å². The molecule has 2 nitrogen and oxygen atoms in total. The fourth-order valence-electron chi connectivity index (χ4n) is 1.50. The third-order valence-corrected chi connectivity index (χ3v) is 3.88. The largest absolute Gasteiger partial charge is 0.484 e. The van der Waals surface area contributed by atoms with Gasteiger partial charge in [-0.2, -0.15) is 0 Å². The van der Waals surface area contributed by atoms with Crippen molar-refractivity contribution in [2.24, 2.45) is 0 Å². The maximum atomic E-state index is 13.3. The molecule has 0 saturated heterocycles. The molecule has 6 heteroatoms. The molecule has 0 saturated carbocycles. The average molecular weight is 422 g/mol. The lowest BCUT2D eigenvalue weighted by Gasteiger charge is -2.08. The van der Waals surface area contributed by atoms with E-state index in [1.807, 2.05) is 6.07 Å². The fourth-order valence-corrected chi connectivity index (χ4v) is 2.66. The van der Waals surface area contributed by atoms with Crippen LogP contribution >= 0.6 is 43.5 Å². The molecule has 0 radical (unpaired) electrons. The summed E-state index contributed by atoms with van der Waals surface area (Å²) in [5, 5.41) is -0.0115. The van der Waals surface area contributed by atoms with Gasteiger partial charge >= 0.3 is 0 Å². The topological polar surface area (TPSA) is 26.3 Å². The number of ether oxygens (including phenoxy) is 1. The highest BCUT2D eigenvalue weighted by Gasteiger charge is 2.11. The van der Waals surface area contributed by atoms with Crippen LogP contribution in [0, 0.1) is 5.82 Å². The standard InChI is InChI=1S/C14H8Br2ClFO2/c15-9-3-1-2-8(4-9)13(19)7-20-14-6-12(18)11(17)5-10(14)16/h1-6H,7H2. The second kappa shape index (κ2) is 6.70. The Morgan fingerprint density at radius 2 is 2.00 bits per heavy atom. The van der Waals surface area contributed by atoms with Gasteiger partial charge in [0.1, 0.15) is 11.6 Å². The Morgan fingerprint density at radius 1 is 1.25 bits per heavy atom. The molecule has 0 amide bonds. The molecule has 2 aromatic rings. The minimum Gasteiger partial charge on any atom is -0.484 e. The quantitative estimate of drug-likeness (QED) is 0.496. The summed E-state index contributed by atoms with van der Waals surface area (Å²) in [5.74, 6) is -0.566. The van der Waals surface area contributed by atoms with Crippen LogP contribution in [-0.2, 0) is 0 Å². The summed E-state index contributed by atoms with van der Waals surface area (Å²) in [7, 11) is 0. The smallest absolute Gasteiger partial charge is 0.200 e. The predicted octanol–water partition coefficient (Wildman–Crippen LogP) is 5.27. The summed E-state index contributed by atoms with van der Waals surface area (Å²) < 4.78 is 20.0. The van der Waals surface area contributed by atoms with Gasteiger partial charge in [0.25, 0.3) is 0 Å². The average Bonchev–Trinajstić information content (AvgIpc) is 2.41. The Morgan fingerprint density at radius 3 is 2.70 bits per heavy atom. The highest BCUT2D eigenvalue weighted by Crippen LogP contribution is 2.30. The number of halogens is 4. The van der Waals surface area contributed by atoms with Crippen LogP contribution in [0.5, 0.6) is 5.75 Å². The van der Waals surface area contributed by atoms with Crippen molar-refractivity contribution >= 4 is 49.2 Å². The van der Waals surface area contributed by atoms with Crippen LogP contribution in [0.2, 0.25) is 5.02 Å². The van der Waals surface area contributed by atoms with Gasteiger partial charge in [-0.25, -0.2) is 4.39 Å². The van der Waals surface area contributed by atoms with Crippen LogP contribution in [0.15, 0.2) is 45.3 Å². The van der Waals surface area contributed by atoms with Crippen molar-refractivity contribution in [1.82, 2.24) is 0 Å². The van der Waals surface area contributed by atoms with Crippen molar-refractivity contribution in [3.05, 3.63) is 61.7 Å². The Labute approximate surface area is 137 Å². The highest BCUT2D eigenvalue weighted by molar-refractivity contribution is 9.10. The first-order valence-corrected chi connectivity index (χ1v) is 7.50. The summed E-state index contributed by atoms with van der Waals surface area (Å²) >= 11 is 12.1. The van der Waals surface area contributed by atoms with Crippen molar-refractivity contribution in [2.75, 3.05) is 6.61 Å². The molecule has 2 aromatic carbocycles. The number of ketones is 1. The van der Waals surface area contributed by atoms with Gasteiger partial charge in [-0.05, 0) is 34.1 Å². The van der Waals surface area contributed by atoms with E-state index in [1.54, 1.807) is 18.2 Å². The lowest BCUT2D eigenvalue weighted by molar-refractivity contribution is 0.0920. The predicted molar refractivity (Wildman–Crippen MR) is 83.1 cm³/mol. The van der Waals surface area contributed by atoms with Gasteiger partial charge in [-0.15, -0.1) is 0 Å². The molecule has 0 spiro atoms. The molecule has 20 heavy (non-hydrogen) atoms. The lowest BCUT2D eigenvalue weighted by atomic mass is 10.1. The monoisotopic (exact) mass is 420 g/mol. The van der Waals surface area contributed by atoms with Gasteiger partial charge in [0.15, 0.2) is 12.4 Å². The molecule has 0 aliphatic heterocycles. The van der Waals surface area contributed by atoms with E-state index in [1.165, 1.54) is 6.07 Å². The molecular formula is C14H8Br2ClFO2. The molecule has 0 aromatic heterocycles. The number of hydrogen-bond acceptors (Lipinski definition) is 2. The number of rotatable bonds is 4. The van der Waals surface area contributed by atoms with Gasteiger partial charge in [0.05, 0.1) is 9.50 Å². The third-order valence-electron chi connectivity index (χ3n) is 2.48. The summed E-state index contributed by atoms with van der Waals surface area (Å²) in [5.41, 5.74) is 0.518. The minimum absolute atomic E-state index is 0.0115. The first-order chi connectivity index (χ1) is 9.47. The first kappa shape index (κ1) is 15.5. The molecule has 2 rings (SSSR count). The zero-order valence-electron chi connectivity index (χ0n) is 10.00. The Kier molecular flexibility index (Phi) is 5.18. The van der Waals surface area contributed by atoms with Crippen LogP contribution < -0.4 is 4.74 Å². The molecule has 0 aliphatic carbocycles. The summed E-state index contributed by atoms with van der Waals surface area (Å²) in [6.45, 7) is -0.184. The Hall–Kier alpha value is -0.910. The van der Waals surface area contributed by atoms with Gasteiger partial charge in [0, 0.05) is 16.1 Å². The van der Waals surface area contributed by atoms with E-state index in [-0.39, 0.29) is 23.2 Å². The van der Waals surface area contributed by atoms with Crippen LogP contribution in [0.1, 0.15) is 10.4 Å². The van der Waals surface area contributed by atoms with E-state index >= 15 is 0 Å². The lowest BCUT2D eigenvalue weighted by Crippen LogP contribution is -2.12. The Balaban J connectivity index is 2.09. The van der Waals surface area contributed by atoms with E-state index in [4.69, 9.17) is 16.3 Å². The SMILES string of the molecule is O=C(COc1cc(F)c(Cl)cc1Br)c1cccc(Br)c1. The van der Waals surface area contributed by atoms with E-state index in [0.717, 1.165) is 10.5 Å². The first-order valence-electron chi connectivity index (χ1n) is 5.53. The van der Waals surface area contributed by atoms with Crippen molar-refractivity contribution in [2.45, 2.75) is 0 Å². The molecule has 0 aliphatic rings. The number of benzene rings is 2. The van der Waals surface area contributed by atoms with E-state index < -0.39 is 5.82 Å². The van der Waals surface area contributed by atoms with Crippen LogP contribution in [-0.4, -0.2) is 12.4 Å². The van der Waals surface area contributed by atoms with Crippen LogP contribution in [0.4, 0.5) is 4.39 Å². The second-order valence-electron chi connectivity index (χ2n) is 3.92. The molecule has 0 bridgehead atoms. The molecule has 104 valence electrons. The summed E-state index contributed by atoms with van der Waals surface area (Å²) in [6, 6.07) is 9.49. The van der Waals surface area contributed by atoms with Gasteiger partial charge in [-0.3, -0.25) is 4.79 Å². The van der Waals surface area contributed by atoms with E-state index in [9.17, 15) is 9.18 Å². The van der Waals surface area contributed by atoms with Crippen molar-refractivity contribution < 1.29 is 13.9 Å². The molecule has 0 N–H and O–H groups in total. The summed E-state index contributed by atoms with van der Waals surface area (Å²) in [6.07, 6.45) is 0. The fraction of sp³-hybridized carbons (Fsp3) is 0.0714. The van der Waals surface area contributed by atoms with Gasteiger partial charge < -0.3 is 4.74 Å².